The van der Waals surface area contributed by atoms with Crippen molar-refractivity contribution in [2.45, 2.75) is 154 Å². The second-order valence-corrected chi connectivity index (χ2v) is 15.7. The summed E-state index contributed by atoms with van der Waals surface area (Å²) in [5.74, 6) is -0.231. The Balaban J connectivity index is 4.65. The van der Waals surface area contributed by atoms with Crippen LogP contribution in [-0.4, -0.2) is 68.5 Å². The van der Waals surface area contributed by atoms with Gasteiger partial charge in [-0.05, 0) is 70.6 Å². The van der Waals surface area contributed by atoms with Gasteiger partial charge in [0.15, 0.2) is 0 Å². The molecule has 0 spiro atoms. The first kappa shape index (κ1) is 48.2. The Labute approximate surface area is 307 Å². The predicted molar refractivity (Wildman–Crippen MR) is 210 cm³/mol. The number of phosphoric acid groups is 1. The molecule has 3 unspecified atom stereocenters. The van der Waals surface area contributed by atoms with Gasteiger partial charge in [-0.3, -0.25) is 9.36 Å². The SMILES string of the molecule is CCCC/C=C\C/C=C\CCCCCCCC(=O)NC(COP(=O)([O-])OCC[N+](C)(C)C)C(O)/C=C/CC/C=C/CC/C=C/CCCCCC. The summed E-state index contributed by atoms with van der Waals surface area (Å²) in [6, 6.07) is -0.916. The van der Waals surface area contributed by atoms with Crippen molar-refractivity contribution in [2.75, 3.05) is 40.9 Å². The molecule has 8 nitrogen and oxygen atoms in total. The summed E-state index contributed by atoms with van der Waals surface area (Å²) < 4.78 is 23.1. The second-order valence-electron chi connectivity index (χ2n) is 14.3. The van der Waals surface area contributed by atoms with Crippen LogP contribution in [0.25, 0.3) is 0 Å². The van der Waals surface area contributed by atoms with Gasteiger partial charge in [-0.1, -0.05) is 126 Å². The number of carbonyl (C=O) groups is 1. The normalized spacial score (nSPS) is 15.3. The molecule has 2 N–H and O–H groups in total. The number of aliphatic hydroxyl groups is 1. The summed E-state index contributed by atoms with van der Waals surface area (Å²) in [6.45, 7) is 4.50. The van der Waals surface area contributed by atoms with Crippen LogP contribution in [-0.2, 0) is 18.4 Å². The first-order valence-corrected chi connectivity index (χ1v) is 21.1. The lowest BCUT2D eigenvalue weighted by molar-refractivity contribution is -0.870. The van der Waals surface area contributed by atoms with E-state index in [0.717, 1.165) is 77.0 Å². The van der Waals surface area contributed by atoms with Gasteiger partial charge in [0.05, 0.1) is 39.9 Å². The van der Waals surface area contributed by atoms with Crippen molar-refractivity contribution < 1.29 is 32.9 Å². The Morgan fingerprint density at radius 2 is 1.20 bits per heavy atom. The van der Waals surface area contributed by atoms with Crippen LogP contribution in [0.4, 0.5) is 0 Å². The van der Waals surface area contributed by atoms with Crippen molar-refractivity contribution in [1.82, 2.24) is 5.32 Å². The van der Waals surface area contributed by atoms with Gasteiger partial charge in [0.1, 0.15) is 13.2 Å². The lowest BCUT2D eigenvalue weighted by atomic mass is 10.1. The van der Waals surface area contributed by atoms with Crippen LogP contribution < -0.4 is 10.2 Å². The zero-order valence-electron chi connectivity index (χ0n) is 32.6. The fourth-order valence-corrected chi connectivity index (χ4v) is 5.68. The number of phosphoric ester groups is 1. The third kappa shape index (κ3) is 34.6. The van der Waals surface area contributed by atoms with E-state index in [9.17, 15) is 19.4 Å². The molecule has 50 heavy (non-hydrogen) atoms. The average Bonchev–Trinajstić information content (AvgIpc) is 3.06. The van der Waals surface area contributed by atoms with Gasteiger partial charge in [-0.15, -0.1) is 0 Å². The molecule has 3 atom stereocenters. The Kier molecular flexibility index (Phi) is 31.9. The smallest absolute Gasteiger partial charge is 0.268 e. The topological polar surface area (TPSA) is 108 Å². The largest absolute Gasteiger partial charge is 0.756 e. The van der Waals surface area contributed by atoms with Crippen LogP contribution in [0.15, 0.2) is 60.8 Å². The maximum Gasteiger partial charge on any atom is 0.268 e. The molecule has 0 heterocycles. The molecule has 0 aromatic rings. The Morgan fingerprint density at radius 1 is 0.700 bits per heavy atom. The summed E-state index contributed by atoms with van der Waals surface area (Å²) in [5, 5.41) is 13.7. The van der Waals surface area contributed by atoms with Crippen LogP contribution >= 0.6 is 7.82 Å². The molecular weight excluding hydrogens is 647 g/mol. The Bertz CT molecular complexity index is 1000. The molecule has 0 bridgehead atoms. The van der Waals surface area contributed by atoms with Crippen molar-refractivity contribution in [3.63, 3.8) is 0 Å². The number of aliphatic hydroxyl groups excluding tert-OH is 1. The van der Waals surface area contributed by atoms with Gasteiger partial charge in [-0.2, -0.15) is 0 Å². The van der Waals surface area contributed by atoms with Crippen LogP contribution in [0.5, 0.6) is 0 Å². The van der Waals surface area contributed by atoms with Crippen molar-refractivity contribution in [3.8, 4) is 0 Å². The standard InChI is InChI=1S/C41H75N2O6P/c1-6-8-10-12-14-16-18-20-22-24-26-28-30-32-34-40(44)39(38-49-50(46,47)48-37-36-43(3,4)5)42-41(45)35-33-31-29-27-25-23-21-19-17-15-13-11-9-7-2/h13,15-16,18-19,21,24,26,32,34,39-40,44H,6-12,14,17,20,22-23,25,27-31,33,35-38H2,1-5H3,(H-,42,45,46,47)/b15-13-,18-16+,21-19-,26-24+,34-32+. The highest BCUT2D eigenvalue weighted by Gasteiger charge is 2.23. The van der Waals surface area contributed by atoms with Gasteiger partial charge in [0.25, 0.3) is 7.82 Å². The summed E-state index contributed by atoms with van der Waals surface area (Å²) >= 11 is 0. The molecule has 290 valence electrons. The minimum Gasteiger partial charge on any atom is -0.756 e. The molecule has 0 fully saturated rings. The molecule has 0 saturated heterocycles. The highest BCUT2D eigenvalue weighted by atomic mass is 31.2. The maximum atomic E-state index is 12.8. The van der Waals surface area contributed by atoms with Crippen LogP contribution in [0.3, 0.4) is 0 Å². The summed E-state index contributed by atoms with van der Waals surface area (Å²) in [6.07, 6.45) is 41.2. The van der Waals surface area contributed by atoms with Gasteiger partial charge < -0.3 is 28.8 Å². The quantitative estimate of drug-likeness (QED) is 0.0297. The number of quaternary nitrogens is 1. The molecule has 1 amide bonds. The molecule has 0 aromatic heterocycles. The highest BCUT2D eigenvalue weighted by Crippen LogP contribution is 2.38. The molecular formula is C41H75N2O6P. The number of rotatable bonds is 34. The van der Waals surface area contributed by atoms with Crippen molar-refractivity contribution >= 4 is 13.7 Å². The van der Waals surface area contributed by atoms with E-state index in [1.807, 2.05) is 27.2 Å². The molecule has 0 aliphatic carbocycles. The predicted octanol–water partition coefficient (Wildman–Crippen LogP) is 9.66. The molecule has 0 aliphatic rings. The van der Waals surface area contributed by atoms with E-state index in [0.29, 0.717) is 17.4 Å². The highest BCUT2D eigenvalue weighted by molar-refractivity contribution is 7.45. The monoisotopic (exact) mass is 723 g/mol. The van der Waals surface area contributed by atoms with E-state index < -0.39 is 26.6 Å². The number of carbonyl (C=O) groups excluding carboxylic acids is 1. The van der Waals surface area contributed by atoms with E-state index in [-0.39, 0.29) is 12.5 Å². The van der Waals surface area contributed by atoms with Crippen molar-refractivity contribution in [3.05, 3.63) is 60.8 Å². The van der Waals surface area contributed by atoms with Gasteiger partial charge in [-0.25, -0.2) is 0 Å². The number of hydrogen-bond acceptors (Lipinski definition) is 6. The van der Waals surface area contributed by atoms with E-state index in [2.05, 4.69) is 67.8 Å². The fraction of sp³-hybridized carbons (Fsp3) is 0.732. The molecule has 0 rings (SSSR count). The molecule has 9 heteroatoms. The maximum absolute atomic E-state index is 12.8. The number of likely N-dealkylation sites (N-methyl/N-ethyl adjacent to an activating group) is 1. The summed E-state index contributed by atoms with van der Waals surface area (Å²) in [7, 11) is 1.21. The first-order chi connectivity index (χ1) is 24.0. The summed E-state index contributed by atoms with van der Waals surface area (Å²) in [5.41, 5.74) is 0. The first-order valence-electron chi connectivity index (χ1n) is 19.7. The van der Waals surface area contributed by atoms with Gasteiger partial charge in [0.2, 0.25) is 5.91 Å². The third-order valence-electron chi connectivity index (χ3n) is 8.18. The van der Waals surface area contributed by atoms with Gasteiger partial charge >= 0.3 is 0 Å². The minimum absolute atomic E-state index is 0.0145. The van der Waals surface area contributed by atoms with Crippen LogP contribution in [0, 0.1) is 0 Å². The zero-order chi connectivity index (χ0) is 37.2. The van der Waals surface area contributed by atoms with Crippen LogP contribution in [0.2, 0.25) is 0 Å². The Morgan fingerprint density at radius 3 is 1.80 bits per heavy atom. The third-order valence-corrected chi connectivity index (χ3v) is 9.14. The Hall–Kier alpha value is -1.80. The average molecular weight is 723 g/mol. The van der Waals surface area contributed by atoms with E-state index in [1.165, 1.54) is 44.9 Å². The number of nitrogens with one attached hydrogen (secondary N) is 1. The van der Waals surface area contributed by atoms with E-state index in [1.54, 1.807) is 6.08 Å². The lowest BCUT2D eigenvalue weighted by Gasteiger charge is -2.29. The minimum atomic E-state index is -4.60. The van der Waals surface area contributed by atoms with Crippen molar-refractivity contribution in [2.24, 2.45) is 0 Å². The van der Waals surface area contributed by atoms with E-state index in [4.69, 9.17) is 9.05 Å². The number of amides is 1. The zero-order valence-corrected chi connectivity index (χ0v) is 33.5. The number of hydrogen-bond donors (Lipinski definition) is 2. The van der Waals surface area contributed by atoms with Crippen LogP contribution in [0.1, 0.15) is 142 Å². The molecule has 0 radical (unpaired) electrons. The molecule has 0 aromatic carbocycles. The summed E-state index contributed by atoms with van der Waals surface area (Å²) in [4.78, 5) is 25.2. The molecule has 0 saturated carbocycles. The van der Waals surface area contributed by atoms with Gasteiger partial charge in [0, 0.05) is 6.42 Å². The molecule has 0 aliphatic heterocycles. The van der Waals surface area contributed by atoms with Crippen molar-refractivity contribution in [1.29, 1.82) is 0 Å². The second kappa shape index (κ2) is 33.1. The number of allylic oxidation sites excluding steroid dienone is 9. The fourth-order valence-electron chi connectivity index (χ4n) is 4.96. The lowest BCUT2D eigenvalue weighted by Crippen LogP contribution is -2.45. The van der Waals surface area contributed by atoms with E-state index >= 15 is 0 Å². The number of nitrogens with zero attached hydrogens (tertiary/aromatic N) is 1. The number of unbranched alkanes of at least 4 members (excludes halogenated alkanes) is 13.